The number of aliphatic carboxylic acids is 1. The Morgan fingerprint density at radius 2 is 1.96 bits per heavy atom. The van der Waals surface area contributed by atoms with Crippen LogP contribution in [-0.2, 0) is 9.53 Å². The molecule has 0 aliphatic heterocycles. The van der Waals surface area contributed by atoms with Crippen LogP contribution in [0.1, 0.15) is 20.8 Å². The summed E-state index contributed by atoms with van der Waals surface area (Å²) in [5.41, 5.74) is 3.50. The molecule has 1 atom stereocenters. The van der Waals surface area contributed by atoms with Gasteiger partial charge in [-0.1, -0.05) is 0 Å². The maximum atomic E-state index is 13.4. The van der Waals surface area contributed by atoms with Crippen LogP contribution >= 0.6 is 0 Å². The molecule has 1 aromatic carbocycles. The molecule has 0 fully saturated rings. The van der Waals surface area contributed by atoms with Gasteiger partial charge < -0.3 is 14.6 Å². The van der Waals surface area contributed by atoms with Gasteiger partial charge in [0, 0.05) is 6.07 Å². The lowest BCUT2D eigenvalue weighted by molar-refractivity contribution is -0.140. The number of carboxylic acids is 1. The molecule has 0 radical (unpaired) electrons. The lowest BCUT2D eigenvalue weighted by atomic mass is 10.2. The summed E-state index contributed by atoms with van der Waals surface area (Å²) in [6, 6.07) is 1.25. The highest BCUT2D eigenvalue weighted by atomic mass is 19.1. The van der Waals surface area contributed by atoms with Gasteiger partial charge >= 0.3 is 12.1 Å². The molecule has 7 nitrogen and oxygen atoms in total. The van der Waals surface area contributed by atoms with Gasteiger partial charge in [-0.3, -0.25) is 10.2 Å². The fraction of sp³-hybridized carbons (Fsp3) is 0.429. The van der Waals surface area contributed by atoms with Crippen LogP contribution in [0.25, 0.3) is 0 Å². The van der Waals surface area contributed by atoms with Gasteiger partial charge in [0.25, 0.3) is 0 Å². The molecule has 1 amide bonds. The first-order chi connectivity index (χ1) is 10.6. The fourth-order valence-electron chi connectivity index (χ4n) is 1.39. The van der Waals surface area contributed by atoms with Crippen LogP contribution in [0.4, 0.5) is 13.6 Å². The Bertz CT molecular complexity index is 575. The van der Waals surface area contributed by atoms with E-state index in [4.69, 9.17) is 14.6 Å². The predicted octanol–water partition coefficient (Wildman–Crippen LogP) is 1.83. The second-order valence-electron chi connectivity index (χ2n) is 5.55. The lowest BCUT2D eigenvalue weighted by Gasteiger charge is -2.21. The number of nitrogens with one attached hydrogen (secondary N) is 2. The second-order valence-corrected chi connectivity index (χ2v) is 5.55. The van der Waals surface area contributed by atoms with Crippen molar-refractivity contribution in [2.75, 3.05) is 6.61 Å². The molecule has 0 unspecified atom stereocenters. The number of rotatable bonds is 6. The molecule has 128 valence electrons. The summed E-state index contributed by atoms with van der Waals surface area (Å²) in [6.07, 6.45) is -0.878. The number of ether oxygens (including phenoxy) is 2. The van der Waals surface area contributed by atoms with Gasteiger partial charge in [0.2, 0.25) is 0 Å². The molecule has 3 N–H and O–H groups in total. The van der Waals surface area contributed by atoms with Crippen molar-refractivity contribution >= 4 is 12.1 Å². The normalized spacial score (nSPS) is 12.4. The van der Waals surface area contributed by atoms with E-state index in [0.29, 0.717) is 6.07 Å². The van der Waals surface area contributed by atoms with Gasteiger partial charge in [-0.15, -0.1) is 0 Å². The van der Waals surface area contributed by atoms with E-state index in [1.54, 1.807) is 20.8 Å². The Morgan fingerprint density at radius 3 is 2.48 bits per heavy atom. The van der Waals surface area contributed by atoms with E-state index in [9.17, 15) is 18.4 Å². The lowest BCUT2D eigenvalue weighted by Crippen LogP contribution is -2.52. The van der Waals surface area contributed by atoms with Crippen LogP contribution in [0.3, 0.4) is 0 Å². The molecule has 0 bridgehead atoms. The molecule has 0 aliphatic rings. The highest BCUT2D eigenvalue weighted by Crippen LogP contribution is 2.17. The molecule has 0 aliphatic carbocycles. The zero-order valence-electron chi connectivity index (χ0n) is 12.9. The zero-order chi connectivity index (χ0) is 17.6. The average molecular weight is 332 g/mol. The summed E-state index contributed by atoms with van der Waals surface area (Å²) < 4.78 is 36.0. The summed E-state index contributed by atoms with van der Waals surface area (Å²) in [5, 5.41) is 9.02. The van der Waals surface area contributed by atoms with Gasteiger partial charge in [-0.2, -0.15) is 0 Å². The topological polar surface area (TPSA) is 96.9 Å². The Kier molecular flexibility index (Phi) is 6.26. The van der Waals surface area contributed by atoms with E-state index >= 15 is 0 Å². The highest BCUT2D eigenvalue weighted by Gasteiger charge is 2.22. The first kappa shape index (κ1) is 18.6. The minimum atomic E-state index is -1.37. The van der Waals surface area contributed by atoms with Crippen molar-refractivity contribution < 1.29 is 33.0 Å². The monoisotopic (exact) mass is 332 g/mol. The molecule has 0 heterocycles. The van der Waals surface area contributed by atoms with Gasteiger partial charge in [-0.25, -0.2) is 19.0 Å². The third-order valence-corrected chi connectivity index (χ3v) is 2.34. The van der Waals surface area contributed by atoms with Gasteiger partial charge in [0.15, 0.2) is 17.6 Å². The standard InChI is InChI=1S/C14H18F2N2O5/c1-14(2,3)23-13(21)18-17-10(12(19)20)7-22-11-5-4-8(15)6-9(11)16/h4-6,10,17H,7H2,1-3H3,(H,18,21)(H,19,20)/t10-/m1/s1. The van der Waals surface area contributed by atoms with E-state index < -0.39 is 41.9 Å². The first-order valence-corrected chi connectivity index (χ1v) is 6.63. The van der Waals surface area contributed by atoms with Crippen molar-refractivity contribution in [1.29, 1.82) is 0 Å². The molecule has 0 aromatic heterocycles. The second kappa shape index (κ2) is 7.73. The first-order valence-electron chi connectivity index (χ1n) is 6.63. The van der Waals surface area contributed by atoms with Crippen molar-refractivity contribution in [2.45, 2.75) is 32.4 Å². The largest absolute Gasteiger partial charge is 0.488 e. The summed E-state index contributed by atoms with van der Waals surface area (Å²) in [7, 11) is 0. The quantitative estimate of drug-likeness (QED) is 0.688. The van der Waals surface area contributed by atoms with Crippen molar-refractivity contribution in [2.24, 2.45) is 0 Å². The molecular weight excluding hydrogens is 314 g/mol. The fourth-order valence-corrected chi connectivity index (χ4v) is 1.39. The van der Waals surface area contributed by atoms with E-state index in [1.165, 1.54) is 0 Å². The Balaban J connectivity index is 2.55. The van der Waals surface area contributed by atoms with E-state index in [1.807, 2.05) is 0 Å². The average Bonchev–Trinajstić information content (AvgIpc) is 2.38. The van der Waals surface area contributed by atoms with Crippen LogP contribution < -0.4 is 15.6 Å². The van der Waals surface area contributed by atoms with Crippen molar-refractivity contribution in [3.05, 3.63) is 29.8 Å². The Labute approximate surface area is 131 Å². The number of carbonyl (C=O) groups is 2. The van der Waals surface area contributed by atoms with E-state index in [2.05, 4.69) is 10.9 Å². The van der Waals surface area contributed by atoms with Crippen molar-refractivity contribution in [3.8, 4) is 5.75 Å². The molecule has 0 spiro atoms. The molecule has 0 saturated carbocycles. The number of amides is 1. The molecule has 23 heavy (non-hydrogen) atoms. The van der Waals surface area contributed by atoms with Gasteiger partial charge in [-0.05, 0) is 32.9 Å². The minimum absolute atomic E-state index is 0.309. The summed E-state index contributed by atoms with van der Waals surface area (Å²) in [5.74, 6) is -3.40. The SMILES string of the molecule is CC(C)(C)OC(=O)NN[C@H](COc1ccc(F)cc1F)C(=O)O. The molecule has 1 aromatic rings. The highest BCUT2D eigenvalue weighted by molar-refractivity contribution is 5.74. The van der Waals surface area contributed by atoms with Crippen LogP contribution in [0.5, 0.6) is 5.75 Å². The maximum Gasteiger partial charge on any atom is 0.422 e. The van der Waals surface area contributed by atoms with Crippen molar-refractivity contribution in [1.82, 2.24) is 10.9 Å². The molecule has 1 rings (SSSR count). The smallest absolute Gasteiger partial charge is 0.422 e. The number of carbonyl (C=O) groups excluding carboxylic acids is 1. The van der Waals surface area contributed by atoms with E-state index in [-0.39, 0.29) is 5.75 Å². The molecule has 9 heteroatoms. The number of hydrazine groups is 1. The minimum Gasteiger partial charge on any atom is -0.488 e. The zero-order valence-corrected chi connectivity index (χ0v) is 12.9. The number of halogens is 2. The number of hydrogen-bond acceptors (Lipinski definition) is 5. The summed E-state index contributed by atoms with van der Waals surface area (Å²) in [4.78, 5) is 22.5. The third-order valence-electron chi connectivity index (χ3n) is 2.34. The molecule has 0 saturated heterocycles. The predicted molar refractivity (Wildman–Crippen MR) is 75.8 cm³/mol. The van der Waals surface area contributed by atoms with Crippen LogP contribution in [-0.4, -0.2) is 35.4 Å². The summed E-state index contributed by atoms with van der Waals surface area (Å²) in [6.45, 7) is 4.42. The number of carboxylic acid groups (broad SMARTS) is 1. The van der Waals surface area contributed by atoms with E-state index in [0.717, 1.165) is 12.1 Å². The van der Waals surface area contributed by atoms with Gasteiger partial charge in [0.05, 0.1) is 0 Å². The Hall–Kier alpha value is -2.42. The number of benzene rings is 1. The van der Waals surface area contributed by atoms with Crippen LogP contribution in [0.2, 0.25) is 0 Å². The number of hydrogen-bond donors (Lipinski definition) is 3. The van der Waals surface area contributed by atoms with Crippen LogP contribution in [0, 0.1) is 11.6 Å². The van der Waals surface area contributed by atoms with Crippen LogP contribution in [0.15, 0.2) is 18.2 Å². The maximum absolute atomic E-state index is 13.4. The summed E-state index contributed by atoms with van der Waals surface area (Å²) >= 11 is 0. The Morgan fingerprint density at radius 1 is 1.30 bits per heavy atom. The molecular formula is C14H18F2N2O5. The van der Waals surface area contributed by atoms with Crippen molar-refractivity contribution in [3.63, 3.8) is 0 Å². The van der Waals surface area contributed by atoms with Gasteiger partial charge in [0.1, 0.15) is 18.0 Å². The third kappa shape index (κ3) is 6.92.